The highest BCUT2D eigenvalue weighted by atomic mass is 32.2. The fourth-order valence-electron chi connectivity index (χ4n) is 2.59. The van der Waals surface area contributed by atoms with Crippen molar-refractivity contribution < 1.29 is 13.2 Å². The van der Waals surface area contributed by atoms with Crippen LogP contribution in [0.4, 0.5) is 5.69 Å². The fourth-order valence-corrected chi connectivity index (χ4v) is 3.89. The molecular formula is C19H21N5O3S. The van der Waals surface area contributed by atoms with E-state index in [9.17, 15) is 13.2 Å². The van der Waals surface area contributed by atoms with Crippen molar-refractivity contribution in [1.82, 2.24) is 19.9 Å². The molecule has 0 unspecified atom stereocenters. The highest BCUT2D eigenvalue weighted by molar-refractivity contribution is 7.89. The Bertz CT molecular complexity index is 1110. The van der Waals surface area contributed by atoms with Gasteiger partial charge in [-0.15, -0.1) is 0 Å². The minimum absolute atomic E-state index is 0.0406. The highest BCUT2D eigenvalue weighted by Gasteiger charge is 2.17. The van der Waals surface area contributed by atoms with Gasteiger partial charge in [-0.3, -0.25) is 9.89 Å². The van der Waals surface area contributed by atoms with Gasteiger partial charge in [0.25, 0.3) is 5.91 Å². The molecule has 0 aliphatic rings. The van der Waals surface area contributed by atoms with E-state index in [-0.39, 0.29) is 16.5 Å². The van der Waals surface area contributed by atoms with Gasteiger partial charge >= 0.3 is 0 Å². The SMILES string of the molecule is Cc1nc(-c2cccc(NC(=O)c3cccc(S(=O)(=O)NC(C)C)c3)c2)n[nH]1. The first kappa shape index (κ1) is 19.7. The number of hydrogen-bond donors (Lipinski definition) is 3. The Kier molecular flexibility index (Phi) is 5.57. The lowest BCUT2D eigenvalue weighted by molar-refractivity contribution is 0.102. The fraction of sp³-hybridized carbons (Fsp3) is 0.211. The van der Waals surface area contributed by atoms with E-state index in [4.69, 9.17) is 0 Å². The molecule has 9 heteroatoms. The van der Waals surface area contributed by atoms with Gasteiger partial charge in [-0.2, -0.15) is 5.10 Å². The maximum absolute atomic E-state index is 12.6. The van der Waals surface area contributed by atoms with Crippen molar-refractivity contribution >= 4 is 21.6 Å². The predicted molar refractivity (Wildman–Crippen MR) is 106 cm³/mol. The second kappa shape index (κ2) is 7.91. The average Bonchev–Trinajstić information content (AvgIpc) is 3.07. The molecule has 1 heterocycles. The van der Waals surface area contributed by atoms with Gasteiger partial charge in [0.1, 0.15) is 5.82 Å². The zero-order chi connectivity index (χ0) is 20.3. The minimum Gasteiger partial charge on any atom is -0.322 e. The number of aryl methyl sites for hydroxylation is 1. The van der Waals surface area contributed by atoms with Gasteiger partial charge in [0, 0.05) is 22.9 Å². The Morgan fingerprint density at radius 2 is 1.86 bits per heavy atom. The summed E-state index contributed by atoms with van der Waals surface area (Å²) >= 11 is 0. The van der Waals surface area contributed by atoms with Gasteiger partial charge in [-0.25, -0.2) is 18.1 Å². The quantitative estimate of drug-likeness (QED) is 0.589. The largest absolute Gasteiger partial charge is 0.322 e. The Morgan fingerprint density at radius 1 is 1.11 bits per heavy atom. The topological polar surface area (TPSA) is 117 Å². The first-order chi connectivity index (χ1) is 13.2. The zero-order valence-corrected chi connectivity index (χ0v) is 16.5. The Morgan fingerprint density at radius 3 is 2.54 bits per heavy atom. The first-order valence-electron chi connectivity index (χ1n) is 8.68. The molecule has 146 valence electrons. The van der Waals surface area contributed by atoms with Crippen molar-refractivity contribution in [1.29, 1.82) is 0 Å². The van der Waals surface area contributed by atoms with Crippen LogP contribution in [0.25, 0.3) is 11.4 Å². The lowest BCUT2D eigenvalue weighted by atomic mass is 10.1. The Labute approximate surface area is 163 Å². The van der Waals surface area contributed by atoms with Crippen LogP contribution in [0.3, 0.4) is 0 Å². The van der Waals surface area contributed by atoms with Crippen molar-refractivity contribution in [2.24, 2.45) is 0 Å². The standard InChI is InChI=1S/C19H21N5O3S/c1-12(2)24-28(26,27)17-9-5-7-15(11-17)19(25)21-16-8-4-6-14(10-16)18-20-13(3)22-23-18/h4-12,24H,1-3H3,(H,21,25)(H,20,22,23). The van der Waals surface area contributed by atoms with Gasteiger partial charge in [-0.1, -0.05) is 18.2 Å². The molecule has 3 aromatic rings. The van der Waals surface area contributed by atoms with Crippen LogP contribution in [0.2, 0.25) is 0 Å². The number of carbonyl (C=O) groups excluding carboxylic acids is 1. The van der Waals surface area contributed by atoms with E-state index < -0.39 is 15.9 Å². The lowest BCUT2D eigenvalue weighted by Crippen LogP contribution is -2.30. The molecule has 0 saturated carbocycles. The average molecular weight is 399 g/mol. The summed E-state index contributed by atoms with van der Waals surface area (Å²) < 4.78 is 27.1. The molecule has 0 spiro atoms. The molecule has 0 aliphatic heterocycles. The molecule has 0 saturated heterocycles. The third-order valence-corrected chi connectivity index (χ3v) is 5.43. The van der Waals surface area contributed by atoms with Crippen LogP contribution in [0.15, 0.2) is 53.4 Å². The third kappa shape index (κ3) is 4.62. The summed E-state index contributed by atoms with van der Waals surface area (Å²) in [5.41, 5.74) is 1.55. The number of amides is 1. The van der Waals surface area contributed by atoms with Gasteiger partial charge in [-0.05, 0) is 51.1 Å². The molecule has 0 aliphatic carbocycles. The van der Waals surface area contributed by atoms with E-state index >= 15 is 0 Å². The van der Waals surface area contributed by atoms with Gasteiger partial charge < -0.3 is 5.32 Å². The number of aromatic amines is 1. The van der Waals surface area contributed by atoms with Crippen molar-refractivity contribution in [3.05, 3.63) is 59.9 Å². The third-order valence-electron chi connectivity index (χ3n) is 3.77. The van der Waals surface area contributed by atoms with E-state index in [0.717, 1.165) is 5.56 Å². The van der Waals surface area contributed by atoms with Crippen LogP contribution >= 0.6 is 0 Å². The van der Waals surface area contributed by atoms with Crippen molar-refractivity contribution in [2.45, 2.75) is 31.7 Å². The first-order valence-corrected chi connectivity index (χ1v) is 10.2. The monoisotopic (exact) mass is 399 g/mol. The molecular weight excluding hydrogens is 378 g/mol. The molecule has 1 amide bonds. The highest BCUT2D eigenvalue weighted by Crippen LogP contribution is 2.20. The molecule has 3 rings (SSSR count). The van der Waals surface area contributed by atoms with E-state index in [2.05, 4.69) is 25.2 Å². The van der Waals surface area contributed by atoms with Gasteiger partial charge in [0.05, 0.1) is 4.90 Å². The van der Waals surface area contributed by atoms with Gasteiger partial charge in [0.2, 0.25) is 10.0 Å². The van der Waals surface area contributed by atoms with E-state index in [1.165, 1.54) is 18.2 Å². The number of aromatic nitrogens is 3. The summed E-state index contributed by atoms with van der Waals surface area (Å²) in [5.74, 6) is 0.809. The van der Waals surface area contributed by atoms with Crippen LogP contribution in [-0.4, -0.2) is 35.5 Å². The number of rotatable bonds is 6. The zero-order valence-electron chi connectivity index (χ0n) is 15.7. The number of anilines is 1. The summed E-state index contributed by atoms with van der Waals surface area (Å²) in [6, 6.07) is 12.8. The van der Waals surface area contributed by atoms with Crippen molar-refractivity contribution in [2.75, 3.05) is 5.32 Å². The molecule has 8 nitrogen and oxygen atoms in total. The number of nitrogens with zero attached hydrogens (tertiary/aromatic N) is 2. The normalized spacial score (nSPS) is 11.6. The summed E-state index contributed by atoms with van der Waals surface area (Å²) in [6.07, 6.45) is 0. The van der Waals surface area contributed by atoms with Crippen molar-refractivity contribution in [3.8, 4) is 11.4 Å². The maximum Gasteiger partial charge on any atom is 0.255 e. The van der Waals surface area contributed by atoms with Crippen LogP contribution in [0, 0.1) is 6.92 Å². The summed E-state index contributed by atoms with van der Waals surface area (Å²) in [7, 11) is -3.68. The van der Waals surface area contributed by atoms with Crippen molar-refractivity contribution in [3.63, 3.8) is 0 Å². The van der Waals surface area contributed by atoms with E-state index in [1.54, 1.807) is 45.0 Å². The van der Waals surface area contributed by atoms with Gasteiger partial charge in [0.15, 0.2) is 5.82 Å². The lowest BCUT2D eigenvalue weighted by Gasteiger charge is -2.11. The summed E-state index contributed by atoms with van der Waals surface area (Å²) in [6.45, 7) is 5.27. The number of hydrogen-bond acceptors (Lipinski definition) is 5. The Hall–Kier alpha value is -3.04. The molecule has 1 aromatic heterocycles. The number of carbonyl (C=O) groups is 1. The summed E-state index contributed by atoms with van der Waals surface area (Å²) in [4.78, 5) is 16.9. The number of nitrogens with one attached hydrogen (secondary N) is 3. The predicted octanol–water partition coefficient (Wildman–Crippen LogP) is 2.72. The molecule has 0 fully saturated rings. The summed E-state index contributed by atoms with van der Waals surface area (Å²) in [5, 5.41) is 9.65. The molecule has 0 bridgehead atoms. The number of sulfonamides is 1. The van der Waals surface area contributed by atoms with E-state index in [1.807, 2.05) is 6.07 Å². The van der Waals surface area contributed by atoms with Crippen LogP contribution in [0.1, 0.15) is 30.0 Å². The van der Waals surface area contributed by atoms with Crippen LogP contribution in [-0.2, 0) is 10.0 Å². The molecule has 28 heavy (non-hydrogen) atoms. The number of benzene rings is 2. The van der Waals surface area contributed by atoms with E-state index in [0.29, 0.717) is 17.3 Å². The Balaban J connectivity index is 1.81. The molecule has 0 atom stereocenters. The van der Waals surface area contributed by atoms with Crippen LogP contribution in [0.5, 0.6) is 0 Å². The molecule has 2 aromatic carbocycles. The van der Waals surface area contributed by atoms with Crippen LogP contribution < -0.4 is 10.0 Å². The maximum atomic E-state index is 12.6. The second-order valence-corrected chi connectivity index (χ2v) is 8.30. The molecule has 0 radical (unpaired) electrons. The smallest absolute Gasteiger partial charge is 0.255 e. The minimum atomic E-state index is -3.68. The second-order valence-electron chi connectivity index (χ2n) is 6.58. The molecule has 3 N–H and O–H groups in total. The number of H-pyrrole nitrogens is 1.